The minimum Gasteiger partial charge on any atom is -0.360 e. The number of halogens is 2. The molecule has 0 fully saturated rings. The molecule has 0 radical (unpaired) electrons. The number of benzene rings is 1. The number of fused-ring (bicyclic) bond motifs is 1. The summed E-state index contributed by atoms with van der Waals surface area (Å²) in [5.74, 6) is -0.764. The lowest BCUT2D eigenvalue weighted by atomic mass is 10.2. The van der Waals surface area contributed by atoms with Crippen molar-refractivity contribution in [1.29, 1.82) is 0 Å². The van der Waals surface area contributed by atoms with Crippen LogP contribution in [0.1, 0.15) is 0 Å². The molecule has 74 valence electrons. The van der Waals surface area contributed by atoms with Crippen LogP contribution in [0.3, 0.4) is 0 Å². The summed E-state index contributed by atoms with van der Waals surface area (Å²) < 4.78 is 47.0. The third-order valence-corrected chi connectivity index (χ3v) is 2.73. The van der Waals surface area contributed by atoms with Crippen LogP contribution in [0.5, 0.6) is 0 Å². The summed E-state index contributed by atoms with van der Waals surface area (Å²) in [5.41, 5.74) is 0.251. The molecule has 0 atom stereocenters. The Morgan fingerprint density at radius 1 is 1.29 bits per heavy atom. The van der Waals surface area contributed by atoms with E-state index in [1.165, 1.54) is 12.1 Å². The smallest absolute Gasteiger partial charge is 0.334 e. The highest BCUT2D eigenvalue weighted by atomic mass is 32.3. The molecule has 0 bridgehead atoms. The molecule has 0 saturated heterocycles. The van der Waals surface area contributed by atoms with E-state index in [1.807, 2.05) is 0 Å². The van der Waals surface area contributed by atoms with Crippen LogP contribution in [0.25, 0.3) is 10.9 Å². The van der Waals surface area contributed by atoms with Crippen molar-refractivity contribution in [2.75, 3.05) is 0 Å². The largest absolute Gasteiger partial charge is 0.360 e. The van der Waals surface area contributed by atoms with Gasteiger partial charge in [-0.25, -0.2) is 4.39 Å². The highest BCUT2D eigenvalue weighted by Gasteiger charge is 2.19. The number of aromatic amines is 1. The van der Waals surface area contributed by atoms with E-state index in [2.05, 4.69) is 4.98 Å². The molecule has 1 N–H and O–H groups in total. The normalized spacial score (nSPS) is 12.1. The number of hydrogen-bond donors (Lipinski definition) is 1. The summed E-state index contributed by atoms with van der Waals surface area (Å²) >= 11 is 0. The Kier molecular flexibility index (Phi) is 1.81. The monoisotopic (exact) mass is 217 g/mol. The molecule has 0 aliphatic rings. The minimum absolute atomic E-state index is 0.241. The van der Waals surface area contributed by atoms with Crippen LogP contribution >= 0.6 is 0 Å². The molecule has 3 nitrogen and oxygen atoms in total. The second-order valence-electron chi connectivity index (χ2n) is 2.75. The number of H-pyrrole nitrogens is 1. The standard InChI is InChI=1S/C8H5F2NO2S/c9-5-2-1-3-6-8(5)7(4-11-6)14(10,12)13/h1-4,11H. The van der Waals surface area contributed by atoms with Crippen LogP contribution in [-0.2, 0) is 10.2 Å². The van der Waals surface area contributed by atoms with Crippen LogP contribution in [-0.4, -0.2) is 13.4 Å². The van der Waals surface area contributed by atoms with Gasteiger partial charge in [0, 0.05) is 11.7 Å². The highest BCUT2D eigenvalue weighted by molar-refractivity contribution is 7.86. The van der Waals surface area contributed by atoms with Gasteiger partial charge in [-0.05, 0) is 12.1 Å². The first-order valence-electron chi connectivity index (χ1n) is 3.70. The maximum atomic E-state index is 13.2. The highest BCUT2D eigenvalue weighted by Crippen LogP contribution is 2.26. The second-order valence-corrected chi connectivity index (χ2v) is 4.07. The number of hydrogen-bond acceptors (Lipinski definition) is 2. The lowest BCUT2D eigenvalue weighted by Crippen LogP contribution is -1.90. The van der Waals surface area contributed by atoms with E-state index in [0.717, 1.165) is 12.3 Å². The minimum atomic E-state index is -4.88. The molecule has 1 heterocycles. The summed E-state index contributed by atoms with van der Waals surface area (Å²) in [6.07, 6.45) is 0.934. The zero-order valence-corrected chi connectivity index (χ0v) is 7.61. The third-order valence-electron chi connectivity index (χ3n) is 1.88. The van der Waals surface area contributed by atoms with Crippen LogP contribution in [0.15, 0.2) is 29.3 Å². The Morgan fingerprint density at radius 3 is 2.64 bits per heavy atom. The second kappa shape index (κ2) is 2.78. The first kappa shape index (κ1) is 9.14. The molecular weight excluding hydrogens is 212 g/mol. The van der Waals surface area contributed by atoms with Gasteiger partial charge < -0.3 is 4.98 Å². The van der Waals surface area contributed by atoms with Gasteiger partial charge in [-0.1, -0.05) is 6.07 Å². The first-order valence-corrected chi connectivity index (χ1v) is 5.09. The van der Waals surface area contributed by atoms with Gasteiger partial charge in [-0.15, -0.1) is 3.89 Å². The van der Waals surface area contributed by atoms with Gasteiger partial charge in [0.05, 0.1) is 5.39 Å². The fourth-order valence-corrected chi connectivity index (χ4v) is 1.95. The molecule has 14 heavy (non-hydrogen) atoms. The molecule has 2 aromatic rings. The topological polar surface area (TPSA) is 49.9 Å². The summed E-state index contributed by atoms with van der Waals surface area (Å²) in [4.78, 5) is 1.81. The zero-order chi connectivity index (χ0) is 10.3. The summed E-state index contributed by atoms with van der Waals surface area (Å²) in [5, 5.41) is -0.241. The Hall–Kier alpha value is -1.43. The molecular formula is C8H5F2NO2S. The first-order chi connectivity index (χ1) is 6.50. The molecule has 2 rings (SSSR count). The Bertz CT molecular complexity index is 588. The van der Waals surface area contributed by atoms with E-state index in [9.17, 15) is 16.7 Å². The van der Waals surface area contributed by atoms with E-state index in [4.69, 9.17) is 0 Å². The molecule has 0 aliphatic carbocycles. The molecule has 0 saturated carbocycles. The van der Waals surface area contributed by atoms with Crippen LogP contribution < -0.4 is 0 Å². The van der Waals surface area contributed by atoms with Gasteiger partial charge in [0.2, 0.25) is 0 Å². The third kappa shape index (κ3) is 1.27. The number of rotatable bonds is 1. The van der Waals surface area contributed by atoms with Gasteiger partial charge in [0.1, 0.15) is 10.7 Å². The van der Waals surface area contributed by atoms with E-state index in [0.29, 0.717) is 0 Å². The molecule has 0 aliphatic heterocycles. The average molecular weight is 217 g/mol. The average Bonchev–Trinajstić information content (AvgIpc) is 2.47. The summed E-state index contributed by atoms with van der Waals surface area (Å²) in [7, 11) is -4.88. The van der Waals surface area contributed by atoms with E-state index in [-0.39, 0.29) is 10.9 Å². The quantitative estimate of drug-likeness (QED) is 0.742. The van der Waals surface area contributed by atoms with Crippen molar-refractivity contribution in [2.45, 2.75) is 4.90 Å². The molecule has 0 spiro atoms. The van der Waals surface area contributed by atoms with Crippen molar-refractivity contribution < 1.29 is 16.7 Å². The Morgan fingerprint density at radius 2 is 2.00 bits per heavy atom. The van der Waals surface area contributed by atoms with E-state index < -0.39 is 20.9 Å². The molecule has 1 aromatic heterocycles. The van der Waals surface area contributed by atoms with E-state index >= 15 is 0 Å². The fraction of sp³-hybridized carbons (Fsp3) is 0. The van der Waals surface area contributed by atoms with Crippen molar-refractivity contribution >= 4 is 21.1 Å². The Labute approximate surface area is 78.6 Å². The molecule has 0 amide bonds. The van der Waals surface area contributed by atoms with Gasteiger partial charge >= 0.3 is 10.2 Å². The van der Waals surface area contributed by atoms with E-state index in [1.54, 1.807) is 0 Å². The van der Waals surface area contributed by atoms with Crippen molar-refractivity contribution in [1.82, 2.24) is 4.98 Å². The molecule has 0 unspecified atom stereocenters. The molecule has 1 aromatic carbocycles. The van der Waals surface area contributed by atoms with Crippen LogP contribution in [0, 0.1) is 5.82 Å². The SMILES string of the molecule is O=S(=O)(F)c1c[nH]c2cccc(F)c12. The maximum absolute atomic E-state index is 13.2. The van der Waals surface area contributed by atoms with Gasteiger partial charge in [0.25, 0.3) is 0 Å². The maximum Gasteiger partial charge on any atom is 0.334 e. The van der Waals surface area contributed by atoms with Crippen molar-refractivity contribution in [3.05, 3.63) is 30.2 Å². The predicted octanol–water partition coefficient (Wildman–Crippen LogP) is 1.97. The zero-order valence-electron chi connectivity index (χ0n) is 6.79. The summed E-state index contributed by atoms with van der Waals surface area (Å²) in [6.45, 7) is 0. The van der Waals surface area contributed by atoms with Crippen LogP contribution in [0.4, 0.5) is 8.28 Å². The number of nitrogens with one attached hydrogen (secondary N) is 1. The summed E-state index contributed by atoms with van der Waals surface area (Å²) in [6, 6.07) is 3.95. The fourth-order valence-electron chi connectivity index (χ4n) is 1.30. The van der Waals surface area contributed by atoms with Gasteiger partial charge in [-0.3, -0.25) is 0 Å². The van der Waals surface area contributed by atoms with Gasteiger partial charge in [-0.2, -0.15) is 8.42 Å². The van der Waals surface area contributed by atoms with Crippen molar-refractivity contribution in [2.24, 2.45) is 0 Å². The van der Waals surface area contributed by atoms with Gasteiger partial charge in [0.15, 0.2) is 0 Å². The lowest BCUT2D eigenvalue weighted by Gasteiger charge is -1.93. The number of aromatic nitrogens is 1. The lowest BCUT2D eigenvalue weighted by molar-refractivity contribution is 0.552. The van der Waals surface area contributed by atoms with Crippen LogP contribution in [0.2, 0.25) is 0 Å². The van der Waals surface area contributed by atoms with Crippen molar-refractivity contribution in [3.8, 4) is 0 Å². The Balaban J connectivity index is 2.94. The molecule has 6 heteroatoms. The van der Waals surface area contributed by atoms with Crippen molar-refractivity contribution in [3.63, 3.8) is 0 Å². The predicted molar refractivity (Wildman–Crippen MR) is 46.6 cm³/mol.